The van der Waals surface area contributed by atoms with Crippen molar-refractivity contribution in [2.24, 2.45) is 5.41 Å². The van der Waals surface area contributed by atoms with Gasteiger partial charge >= 0.3 is 0 Å². The third-order valence-corrected chi connectivity index (χ3v) is 4.29. The highest BCUT2D eigenvalue weighted by molar-refractivity contribution is 9.09. The summed E-state index contributed by atoms with van der Waals surface area (Å²) in [5, 5.41) is 9.83. The molecule has 0 saturated carbocycles. The Labute approximate surface area is 99.2 Å². The molecule has 1 rings (SSSR count). The monoisotopic (exact) mass is 269 g/mol. The van der Waals surface area contributed by atoms with Crippen LogP contribution in [0.3, 0.4) is 0 Å². The van der Waals surface area contributed by atoms with Crippen LogP contribution >= 0.6 is 15.9 Å². The topological polar surface area (TPSA) is 41.6 Å². The molecule has 0 unspecified atom stereocenters. The quantitative estimate of drug-likeness (QED) is 0.772. The Hall–Kier alpha value is -0.820. The number of rotatable bonds is 5. The average molecular weight is 270 g/mol. The Balaban J connectivity index is 2.88. The summed E-state index contributed by atoms with van der Waals surface area (Å²) in [5.41, 5.74) is 0.228. The molecule has 82 valence electrons. The van der Waals surface area contributed by atoms with E-state index in [0.29, 0.717) is 5.82 Å². The van der Waals surface area contributed by atoms with E-state index in [1.807, 2.05) is 10.8 Å². The van der Waals surface area contributed by atoms with Gasteiger partial charge in [0.15, 0.2) is 0 Å². The molecule has 0 fully saturated rings. The van der Waals surface area contributed by atoms with E-state index in [4.69, 9.17) is 5.26 Å². The molecule has 0 spiro atoms. The van der Waals surface area contributed by atoms with Crippen LogP contribution in [-0.2, 0) is 6.54 Å². The molecule has 0 saturated heterocycles. The molecule has 0 aliphatic rings. The molecule has 0 aromatic carbocycles. The van der Waals surface area contributed by atoms with Crippen LogP contribution in [0.5, 0.6) is 0 Å². The van der Waals surface area contributed by atoms with Crippen LogP contribution in [0.2, 0.25) is 0 Å². The van der Waals surface area contributed by atoms with Gasteiger partial charge in [0.25, 0.3) is 0 Å². The van der Waals surface area contributed by atoms with E-state index < -0.39 is 0 Å². The lowest BCUT2D eigenvalue weighted by Crippen LogP contribution is -2.27. The first-order valence-corrected chi connectivity index (χ1v) is 6.30. The van der Waals surface area contributed by atoms with Crippen molar-refractivity contribution in [3.05, 3.63) is 18.2 Å². The Bertz CT molecular complexity index is 339. The van der Waals surface area contributed by atoms with Crippen LogP contribution in [0.4, 0.5) is 0 Å². The predicted molar refractivity (Wildman–Crippen MR) is 63.8 cm³/mol. The van der Waals surface area contributed by atoms with Crippen LogP contribution < -0.4 is 0 Å². The van der Waals surface area contributed by atoms with Crippen molar-refractivity contribution >= 4 is 15.9 Å². The molecule has 3 nitrogen and oxygen atoms in total. The first kappa shape index (κ1) is 12.3. The number of imidazole rings is 1. The highest BCUT2D eigenvalue weighted by atomic mass is 79.9. The summed E-state index contributed by atoms with van der Waals surface area (Å²) in [4.78, 5) is 4.01. The van der Waals surface area contributed by atoms with E-state index in [9.17, 15) is 0 Å². The van der Waals surface area contributed by atoms with Gasteiger partial charge in [-0.05, 0) is 18.3 Å². The molecule has 0 amide bonds. The minimum Gasteiger partial charge on any atom is -0.322 e. The third kappa shape index (κ3) is 2.60. The van der Waals surface area contributed by atoms with Crippen LogP contribution in [0.1, 0.15) is 32.5 Å². The smallest absolute Gasteiger partial charge is 0.212 e. The lowest BCUT2D eigenvalue weighted by molar-refractivity contribution is 0.258. The maximum absolute atomic E-state index is 8.88. The van der Waals surface area contributed by atoms with E-state index in [1.165, 1.54) is 0 Å². The summed E-state index contributed by atoms with van der Waals surface area (Å²) in [6, 6.07) is 2.11. The second kappa shape index (κ2) is 5.32. The zero-order valence-electron chi connectivity index (χ0n) is 9.20. The van der Waals surface area contributed by atoms with Gasteiger partial charge in [-0.1, -0.05) is 29.8 Å². The lowest BCUT2D eigenvalue weighted by Gasteiger charge is -2.29. The molecule has 1 aromatic rings. The summed E-state index contributed by atoms with van der Waals surface area (Å²) < 4.78 is 1.94. The molecule has 1 aromatic heterocycles. The molecule has 0 aliphatic heterocycles. The first-order chi connectivity index (χ1) is 7.21. The van der Waals surface area contributed by atoms with Crippen molar-refractivity contribution in [3.8, 4) is 6.07 Å². The molecule has 0 radical (unpaired) electrons. The fourth-order valence-electron chi connectivity index (χ4n) is 1.62. The SMILES string of the molecule is CCC(CC)(CBr)Cn1ccnc1C#N. The Morgan fingerprint density at radius 1 is 1.53 bits per heavy atom. The van der Waals surface area contributed by atoms with Gasteiger partial charge in [0.2, 0.25) is 5.82 Å². The molecular weight excluding hydrogens is 254 g/mol. The largest absolute Gasteiger partial charge is 0.322 e. The van der Waals surface area contributed by atoms with E-state index in [0.717, 1.165) is 24.7 Å². The van der Waals surface area contributed by atoms with Crippen molar-refractivity contribution < 1.29 is 0 Å². The van der Waals surface area contributed by atoms with Gasteiger partial charge in [0, 0.05) is 24.3 Å². The van der Waals surface area contributed by atoms with Crippen LogP contribution in [-0.4, -0.2) is 14.9 Å². The van der Waals surface area contributed by atoms with E-state index in [2.05, 4.69) is 40.8 Å². The maximum atomic E-state index is 8.88. The number of nitriles is 1. The van der Waals surface area contributed by atoms with Crippen LogP contribution in [0.15, 0.2) is 12.4 Å². The highest BCUT2D eigenvalue weighted by Crippen LogP contribution is 2.31. The second-order valence-corrected chi connectivity index (χ2v) is 4.39. The summed E-state index contributed by atoms with van der Waals surface area (Å²) in [6.45, 7) is 5.23. The van der Waals surface area contributed by atoms with Crippen molar-refractivity contribution in [2.75, 3.05) is 5.33 Å². The average Bonchev–Trinajstić information content (AvgIpc) is 2.73. The zero-order chi connectivity index (χ0) is 11.3. The predicted octanol–water partition coefficient (Wildman–Crippen LogP) is 2.96. The van der Waals surface area contributed by atoms with Gasteiger partial charge in [-0.25, -0.2) is 4.98 Å². The van der Waals surface area contributed by atoms with E-state index >= 15 is 0 Å². The third-order valence-electron chi connectivity index (χ3n) is 3.10. The number of hydrogen-bond acceptors (Lipinski definition) is 2. The number of nitrogens with zero attached hydrogens (tertiary/aromatic N) is 3. The molecule has 15 heavy (non-hydrogen) atoms. The number of hydrogen-bond donors (Lipinski definition) is 0. The molecule has 0 aliphatic carbocycles. The van der Waals surface area contributed by atoms with Crippen molar-refractivity contribution in [1.82, 2.24) is 9.55 Å². The molecule has 0 bridgehead atoms. The summed E-state index contributed by atoms with van der Waals surface area (Å²) in [7, 11) is 0. The molecule has 1 heterocycles. The summed E-state index contributed by atoms with van der Waals surface area (Å²) in [5.74, 6) is 0.502. The van der Waals surface area contributed by atoms with Crippen LogP contribution in [0.25, 0.3) is 0 Å². The van der Waals surface area contributed by atoms with Gasteiger partial charge < -0.3 is 4.57 Å². The molecular formula is C11H16BrN3. The lowest BCUT2D eigenvalue weighted by atomic mass is 9.84. The first-order valence-electron chi connectivity index (χ1n) is 5.18. The number of halogens is 1. The van der Waals surface area contributed by atoms with Gasteiger partial charge in [-0.3, -0.25) is 0 Å². The molecule has 0 atom stereocenters. The summed E-state index contributed by atoms with van der Waals surface area (Å²) in [6.07, 6.45) is 5.75. The van der Waals surface area contributed by atoms with E-state index in [1.54, 1.807) is 6.20 Å². The molecule has 4 heteroatoms. The fourth-order valence-corrected chi connectivity index (χ4v) is 2.59. The maximum Gasteiger partial charge on any atom is 0.212 e. The number of alkyl halides is 1. The van der Waals surface area contributed by atoms with Gasteiger partial charge in [-0.2, -0.15) is 5.26 Å². The van der Waals surface area contributed by atoms with Crippen LogP contribution in [0, 0.1) is 16.7 Å². The second-order valence-electron chi connectivity index (χ2n) is 3.83. The standard InChI is InChI=1S/C11H16BrN3/c1-3-11(4-2,8-12)9-15-6-5-14-10(15)7-13/h5-6H,3-4,8-9H2,1-2H3. The zero-order valence-corrected chi connectivity index (χ0v) is 10.8. The van der Waals surface area contributed by atoms with Gasteiger partial charge in [-0.15, -0.1) is 0 Å². The molecule has 0 N–H and O–H groups in total. The normalized spacial score (nSPS) is 11.3. The Kier molecular flexibility index (Phi) is 4.34. The van der Waals surface area contributed by atoms with Crippen molar-refractivity contribution in [3.63, 3.8) is 0 Å². The minimum atomic E-state index is 0.228. The Morgan fingerprint density at radius 2 is 2.20 bits per heavy atom. The Morgan fingerprint density at radius 3 is 2.67 bits per heavy atom. The van der Waals surface area contributed by atoms with Crippen molar-refractivity contribution in [1.29, 1.82) is 5.26 Å². The minimum absolute atomic E-state index is 0.228. The highest BCUT2D eigenvalue weighted by Gasteiger charge is 2.26. The fraction of sp³-hybridized carbons (Fsp3) is 0.636. The summed E-state index contributed by atoms with van der Waals surface area (Å²) >= 11 is 3.57. The van der Waals surface area contributed by atoms with Gasteiger partial charge in [0.1, 0.15) is 6.07 Å². The van der Waals surface area contributed by atoms with E-state index in [-0.39, 0.29) is 5.41 Å². The number of aromatic nitrogens is 2. The van der Waals surface area contributed by atoms with Gasteiger partial charge in [0.05, 0.1) is 0 Å². The van der Waals surface area contributed by atoms with Crippen molar-refractivity contribution in [2.45, 2.75) is 33.2 Å².